The van der Waals surface area contributed by atoms with Crippen LogP contribution in [0.4, 0.5) is 19.0 Å². The predicted octanol–water partition coefficient (Wildman–Crippen LogP) is 4.13. The second-order valence-corrected chi connectivity index (χ2v) is 5.36. The van der Waals surface area contributed by atoms with Gasteiger partial charge in [0, 0.05) is 18.6 Å². The standard InChI is InChI=1S/C18H14F3N3O/c19-18(20,21)14-8-9-15(22-12-14)23-17(25)16(24-10-4-5-11-24)13-6-2-1-3-7-13/h1-12,16H,(H,22,23,25)/t16-/m0/s1. The number of alkyl halides is 3. The molecular formula is C18H14F3N3O. The fourth-order valence-electron chi connectivity index (χ4n) is 2.44. The summed E-state index contributed by atoms with van der Waals surface area (Å²) in [6.45, 7) is 0. The second kappa shape index (κ2) is 6.80. The fraction of sp³-hybridized carbons (Fsp3) is 0.111. The Kier molecular flexibility index (Phi) is 4.56. The third-order valence-corrected chi connectivity index (χ3v) is 3.63. The first-order valence-electron chi connectivity index (χ1n) is 7.46. The molecule has 0 radical (unpaired) electrons. The van der Waals surface area contributed by atoms with Gasteiger partial charge in [-0.3, -0.25) is 4.79 Å². The third-order valence-electron chi connectivity index (χ3n) is 3.63. The quantitative estimate of drug-likeness (QED) is 0.773. The van der Waals surface area contributed by atoms with Crippen molar-refractivity contribution in [1.82, 2.24) is 9.55 Å². The van der Waals surface area contributed by atoms with Crippen molar-refractivity contribution in [2.45, 2.75) is 12.2 Å². The van der Waals surface area contributed by atoms with Crippen LogP contribution in [0.2, 0.25) is 0 Å². The number of amides is 1. The first kappa shape index (κ1) is 16.8. The molecular weight excluding hydrogens is 331 g/mol. The third kappa shape index (κ3) is 3.88. The zero-order valence-electron chi connectivity index (χ0n) is 12.9. The van der Waals surface area contributed by atoms with Crippen LogP contribution in [0.3, 0.4) is 0 Å². The minimum Gasteiger partial charge on any atom is -0.338 e. The molecule has 2 heterocycles. The second-order valence-electron chi connectivity index (χ2n) is 5.36. The molecule has 0 fully saturated rings. The molecule has 0 saturated carbocycles. The first-order chi connectivity index (χ1) is 11.9. The number of nitrogens with one attached hydrogen (secondary N) is 1. The number of aromatic nitrogens is 2. The lowest BCUT2D eigenvalue weighted by atomic mass is 10.1. The molecule has 0 bridgehead atoms. The Balaban J connectivity index is 1.84. The van der Waals surface area contributed by atoms with E-state index in [1.807, 2.05) is 30.3 Å². The summed E-state index contributed by atoms with van der Waals surface area (Å²) >= 11 is 0. The molecule has 4 nitrogen and oxygen atoms in total. The number of anilines is 1. The van der Waals surface area contributed by atoms with Gasteiger partial charge in [-0.2, -0.15) is 13.2 Å². The number of hydrogen-bond donors (Lipinski definition) is 1. The van der Waals surface area contributed by atoms with Gasteiger partial charge in [0.1, 0.15) is 11.9 Å². The van der Waals surface area contributed by atoms with Gasteiger partial charge < -0.3 is 9.88 Å². The zero-order chi connectivity index (χ0) is 17.9. The van der Waals surface area contributed by atoms with Crippen molar-refractivity contribution in [2.75, 3.05) is 5.32 Å². The normalized spacial score (nSPS) is 12.6. The summed E-state index contributed by atoms with van der Waals surface area (Å²) in [5.41, 5.74) is -0.112. The molecule has 0 aliphatic carbocycles. The lowest BCUT2D eigenvalue weighted by Gasteiger charge is -2.19. The van der Waals surface area contributed by atoms with Crippen molar-refractivity contribution in [1.29, 1.82) is 0 Å². The van der Waals surface area contributed by atoms with Crippen LogP contribution in [-0.4, -0.2) is 15.5 Å². The summed E-state index contributed by atoms with van der Waals surface area (Å²) in [6, 6.07) is 14.0. The van der Waals surface area contributed by atoms with Gasteiger partial charge in [0.05, 0.1) is 5.56 Å². The van der Waals surface area contributed by atoms with Crippen LogP contribution < -0.4 is 5.32 Å². The van der Waals surface area contributed by atoms with E-state index >= 15 is 0 Å². The van der Waals surface area contributed by atoms with Gasteiger partial charge in [-0.1, -0.05) is 30.3 Å². The Morgan fingerprint density at radius 2 is 1.68 bits per heavy atom. The van der Waals surface area contributed by atoms with E-state index in [-0.39, 0.29) is 5.82 Å². The Bertz CT molecular complexity index is 828. The largest absolute Gasteiger partial charge is 0.417 e. The van der Waals surface area contributed by atoms with Crippen LogP contribution in [0.5, 0.6) is 0 Å². The van der Waals surface area contributed by atoms with Gasteiger partial charge in [0.2, 0.25) is 0 Å². The average molecular weight is 345 g/mol. The summed E-state index contributed by atoms with van der Waals surface area (Å²) in [7, 11) is 0. The summed E-state index contributed by atoms with van der Waals surface area (Å²) < 4.78 is 39.5. The Labute approximate surface area is 141 Å². The number of benzene rings is 1. The van der Waals surface area contributed by atoms with E-state index in [9.17, 15) is 18.0 Å². The molecule has 2 aromatic heterocycles. The molecule has 0 saturated heterocycles. The van der Waals surface area contributed by atoms with Crippen LogP contribution in [0.15, 0.2) is 73.2 Å². The van der Waals surface area contributed by atoms with Gasteiger partial charge in [-0.15, -0.1) is 0 Å². The number of rotatable bonds is 4. The van der Waals surface area contributed by atoms with Crippen LogP contribution in [-0.2, 0) is 11.0 Å². The van der Waals surface area contributed by atoms with E-state index in [2.05, 4.69) is 10.3 Å². The highest BCUT2D eigenvalue weighted by atomic mass is 19.4. The molecule has 1 N–H and O–H groups in total. The average Bonchev–Trinajstić information content (AvgIpc) is 3.10. The van der Waals surface area contributed by atoms with Crippen molar-refractivity contribution < 1.29 is 18.0 Å². The maximum atomic E-state index is 12.7. The molecule has 1 atom stereocenters. The summed E-state index contributed by atoms with van der Waals surface area (Å²) in [4.78, 5) is 16.4. The molecule has 1 amide bonds. The summed E-state index contributed by atoms with van der Waals surface area (Å²) in [5.74, 6) is -0.333. The monoisotopic (exact) mass is 345 g/mol. The van der Waals surface area contributed by atoms with E-state index in [0.717, 1.165) is 17.7 Å². The lowest BCUT2D eigenvalue weighted by molar-refractivity contribution is -0.137. The van der Waals surface area contributed by atoms with Gasteiger partial charge in [0.15, 0.2) is 0 Å². The smallest absolute Gasteiger partial charge is 0.338 e. The maximum absolute atomic E-state index is 12.7. The van der Waals surface area contributed by atoms with Crippen LogP contribution in [0, 0.1) is 0 Å². The highest BCUT2D eigenvalue weighted by Gasteiger charge is 2.31. The Morgan fingerprint density at radius 3 is 2.24 bits per heavy atom. The highest BCUT2D eigenvalue weighted by molar-refractivity contribution is 5.95. The number of halogens is 3. The summed E-state index contributed by atoms with van der Waals surface area (Å²) in [6.07, 6.45) is -0.273. The molecule has 0 aliphatic heterocycles. The topological polar surface area (TPSA) is 46.9 Å². The molecule has 3 rings (SSSR count). The van der Waals surface area contributed by atoms with Crippen molar-refractivity contribution in [3.8, 4) is 0 Å². The number of carbonyl (C=O) groups excluding carboxylic acids is 1. The van der Waals surface area contributed by atoms with Crippen LogP contribution >= 0.6 is 0 Å². The molecule has 3 aromatic rings. The molecule has 128 valence electrons. The van der Waals surface area contributed by atoms with E-state index in [1.165, 1.54) is 0 Å². The molecule has 25 heavy (non-hydrogen) atoms. The van der Waals surface area contributed by atoms with E-state index < -0.39 is 23.7 Å². The van der Waals surface area contributed by atoms with Crippen LogP contribution in [0.25, 0.3) is 0 Å². The molecule has 1 aromatic carbocycles. The van der Waals surface area contributed by atoms with Crippen molar-refractivity contribution in [3.63, 3.8) is 0 Å². The molecule has 0 unspecified atom stereocenters. The zero-order valence-corrected chi connectivity index (χ0v) is 12.9. The van der Waals surface area contributed by atoms with Crippen molar-refractivity contribution in [2.24, 2.45) is 0 Å². The molecule has 0 spiro atoms. The predicted molar refractivity (Wildman–Crippen MR) is 86.9 cm³/mol. The highest BCUT2D eigenvalue weighted by Crippen LogP contribution is 2.29. The molecule has 0 aliphatic rings. The van der Waals surface area contributed by atoms with Crippen molar-refractivity contribution >= 4 is 11.7 Å². The number of pyridine rings is 1. The Morgan fingerprint density at radius 1 is 1.00 bits per heavy atom. The number of carbonyl (C=O) groups is 1. The number of nitrogens with zero attached hydrogens (tertiary/aromatic N) is 2. The van der Waals surface area contributed by atoms with E-state index in [1.54, 1.807) is 29.1 Å². The minimum absolute atomic E-state index is 0.0612. The van der Waals surface area contributed by atoms with E-state index in [0.29, 0.717) is 6.20 Å². The lowest BCUT2D eigenvalue weighted by Crippen LogP contribution is -2.26. The number of hydrogen-bond acceptors (Lipinski definition) is 2. The summed E-state index contributed by atoms with van der Waals surface area (Å²) in [5, 5.41) is 2.57. The van der Waals surface area contributed by atoms with Crippen LogP contribution in [0.1, 0.15) is 17.2 Å². The van der Waals surface area contributed by atoms with Crippen molar-refractivity contribution in [3.05, 3.63) is 84.3 Å². The van der Waals surface area contributed by atoms with Gasteiger partial charge in [-0.05, 0) is 29.8 Å². The van der Waals surface area contributed by atoms with Gasteiger partial charge >= 0.3 is 6.18 Å². The fourth-order valence-corrected chi connectivity index (χ4v) is 2.44. The SMILES string of the molecule is O=C(Nc1ccc(C(F)(F)F)cn1)[C@H](c1ccccc1)n1cccc1. The van der Waals surface area contributed by atoms with Gasteiger partial charge in [0.25, 0.3) is 5.91 Å². The minimum atomic E-state index is -4.47. The first-order valence-corrected chi connectivity index (χ1v) is 7.46. The van der Waals surface area contributed by atoms with E-state index in [4.69, 9.17) is 0 Å². The maximum Gasteiger partial charge on any atom is 0.417 e. The Hall–Kier alpha value is -3.09. The molecule has 7 heteroatoms. The van der Waals surface area contributed by atoms with Gasteiger partial charge in [-0.25, -0.2) is 4.98 Å².